The van der Waals surface area contributed by atoms with Crippen molar-refractivity contribution in [2.24, 2.45) is 0 Å². The van der Waals surface area contributed by atoms with E-state index in [2.05, 4.69) is 10.6 Å². The molecule has 5 heteroatoms. The zero-order chi connectivity index (χ0) is 8.27. The minimum absolute atomic E-state index is 0.290. The number of carbonyl (C=O) groups is 3. The molecule has 1 rings (SSSR count). The fourth-order valence-electron chi connectivity index (χ4n) is 0.897. The van der Waals surface area contributed by atoms with Crippen LogP contribution in [0.4, 0.5) is 4.79 Å². The highest BCUT2D eigenvalue weighted by molar-refractivity contribution is 6.04. The predicted octanol–water partition coefficient (Wildman–Crippen LogP) is -0.827. The normalized spacial score (nSPS) is 22.7. The van der Waals surface area contributed by atoms with Gasteiger partial charge in [-0.05, 0) is 6.42 Å². The molecule has 60 valence electrons. The lowest BCUT2D eigenvalue weighted by atomic mass is 10.2. The van der Waals surface area contributed by atoms with Gasteiger partial charge in [0.2, 0.25) is 0 Å². The van der Waals surface area contributed by atoms with E-state index in [0.29, 0.717) is 12.8 Å². The Morgan fingerprint density at radius 1 is 1.45 bits per heavy atom. The summed E-state index contributed by atoms with van der Waals surface area (Å²) in [6, 6.07) is -1.00. The molecular weight excluding hydrogens is 148 g/mol. The van der Waals surface area contributed by atoms with Crippen LogP contribution in [-0.2, 0) is 9.59 Å². The monoisotopic (exact) mass is 156 g/mol. The summed E-state index contributed by atoms with van der Waals surface area (Å²) in [6.45, 7) is 0. The molecule has 1 atom stereocenters. The number of hydrogen-bond donors (Lipinski definition) is 2. The standard InChI is InChI=1S/C6H8N2O3/c9-3-1-2-4-5(10)8-6(11)7-4/h3-4H,1-2H2,(H2,7,8,10,11)/t4-/m0/s1. The predicted molar refractivity (Wildman–Crippen MR) is 35.8 cm³/mol. The van der Waals surface area contributed by atoms with E-state index in [1.807, 2.05) is 0 Å². The summed E-state index contributed by atoms with van der Waals surface area (Å²) in [4.78, 5) is 31.2. The van der Waals surface area contributed by atoms with Crippen LogP contribution >= 0.6 is 0 Å². The summed E-state index contributed by atoms with van der Waals surface area (Å²) in [5.41, 5.74) is 0. The molecule has 0 radical (unpaired) electrons. The van der Waals surface area contributed by atoms with E-state index >= 15 is 0 Å². The van der Waals surface area contributed by atoms with Crippen molar-refractivity contribution in [2.75, 3.05) is 0 Å². The maximum absolute atomic E-state index is 10.8. The number of hydrogen-bond acceptors (Lipinski definition) is 3. The molecule has 0 aromatic carbocycles. The Labute approximate surface area is 63.1 Å². The molecule has 1 fully saturated rings. The highest BCUT2D eigenvalue weighted by atomic mass is 16.2. The quantitative estimate of drug-likeness (QED) is 0.414. The Hall–Kier alpha value is -1.39. The van der Waals surface area contributed by atoms with Crippen molar-refractivity contribution in [1.82, 2.24) is 10.6 Å². The second-order valence-corrected chi connectivity index (χ2v) is 2.26. The van der Waals surface area contributed by atoms with E-state index in [1.54, 1.807) is 0 Å². The van der Waals surface area contributed by atoms with E-state index in [1.165, 1.54) is 0 Å². The van der Waals surface area contributed by atoms with Gasteiger partial charge in [-0.1, -0.05) is 0 Å². The first-order valence-corrected chi connectivity index (χ1v) is 3.29. The molecule has 3 amide bonds. The van der Waals surface area contributed by atoms with Crippen LogP contribution in [0.15, 0.2) is 0 Å². The Morgan fingerprint density at radius 2 is 2.18 bits per heavy atom. The minimum Gasteiger partial charge on any atom is -0.326 e. The van der Waals surface area contributed by atoms with Gasteiger partial charge in [-0.3, -0.25) is 10.1 Å². The van der Waals surface area contributed by atoms with Crippen molar-refractivity contribution >= 4 is 18.2 Å². The lowest BCUT2D eigenvalue weighted by molar-refractivity contribution is -0.120. The topological polar surface area (TPSA) is 75.3 Å². The zero-order valence-corrected chi connectivity index (χ0v) is 5.79. The highest BCUT2D eigenvalue weighted by Crippen LogP contribution is 1.99. The van der Waals surface area contributed by atoms with Gasteiger partial charge >= 0.3 is 6.03 Å². The maximum atomic E-state index is 10.8. The fourth-order valence-corrected chi connectivity index (χ4v) is 0.897. The molecule has 5 nitrogen and oxygen atoms in total. The molecule has 2 N–H and O–H groups in total. The molecule has 0 bridgehead atoms. The number of carbonyl (C=O) groups excluding carboxylic acids is 3. The zero-order valence-electron chi connectivity index (χ0n) is 5.79. The molecule has 0 aromatic rings. The lowest BCUT2D eigenvalue weighted by Crippen LogP contribution is -2.28. The lowest BCUT2D eigenvalue weighted by Gasteiger charge is -2.01. The summed E-state index contributed by atoms with van der Waals surface area (Å²) >= 11 is 0. The number of rotatable bonds is 3. The van der Waals surface area contributed by atoms with E-state index in [9.17, 15) is 14.4 Å². The maximum Gasteiger partial charge on any atom is 0.322 e. The first-order valence-electron chi connectivity index (χ1n) is 3.29. The van der Waals surface area contributed by atoms with Crippen LogP contribution in [-0.4, -0.2) is 24.3 Å². The largest absolute Gasteiger partial charge is 0.326 e. The third-order valence-electron chi connectivity index (χ3n) is 1.43. The van der Waals surface area contributed by atoms with Gasteiger partial charge < -0.3 is 10.1 Å². The molecule has 0 saturated carbocycles. The van der Waals surface area contributed by atoms with Crippen molar-refractivity contribution < 1.29 is 14.4 Å². The number of aldehydes is 1. The van der Waals surface area contributed by atoms with Gasteiger partial charge in [0, 0.05) is 6.42 Å². The molecule has 1 saturated heterocycles. The average molecular weight is 156 g/mol. The van der Waals surface area contributed by atoms with Gasteiger partial charge in [0.1, 0.15) is 12.3 Å². The number of amides is 3. The first-order chi connectivity index (χ1) is 5.24. The molecule has 11 heavy (non-hydrogen) atoms. The second-order valence-electron chi connectivity index (χ2n) is 2.26. The third-order valence-corrected chi connectivity index (χ3v) is 1.43. The molecule has 0 aromatic heterocycles. The molecule has 1 aliphatic heterocycles. The Morgan fingerprint density at radius 3 is 2.64 bits per heavy atom. The average Bonchev–Trinajstić information content (AvgIpc) is 2.26. The van der Waals surface area contributed by atoms with Crippen molar-refractivity contribution in [1.29, 1.82) is 0 Å². The molecule has 1 heterocycles. The molecule has 0 spiro atoms. The summed E-state index contributed by atoms with van der Waals surface area (Å²) in [7, 11) is 0. The minimum atomic E-state index is -0.521. The molecule has 0 unspecified atom stereocenters. The van der Waals surface area contributed by atoms with Gasteiger partial charge in [-0.2, -0.15) is 0 Å². The van der Waals surface area contributed by atoms with Crippen LogP contribution in [0.2, 0.25) is 0 Å². The summed E-state index contributed by atoms with van der Waals surface area (Å²) in [5.74, 6) is -0.350. The van der Waals surface area contributed by atoms with Crippen molar-refractivity contribution in [2.45, 2.75) is 18.9 Å². The smallest absolute Gasteiger partial charge is 0.322 e. The van der Waals surface area contributed by atoms with Gasteiger partial charge in [0.15, 0.2) is 0 Å². The number of imide groups is 1. The molecule has 1 aliphatic rings. The van der Waals surface area contributed by atoms with Crippen LogP contribution in [0.3, 0.4) is 0 Å². The van der Waals surface area contributed by atoms with E-state index < -0.39 is 12.1 Å². The Balaban J connectivity index is 2.40. The van der Waals surface area contributed by atoms with Crippen molar-refractivity contribution in [3.63, 3.8) is 0 Å². The van der Waals surface area contributed by atoms with E-state index in [4.69, 9.17) is 0 Å². The van der Waals surface area contributed by atoms with Gasteiger partial charge in [-0.25, -0.2) is 4.79 Å². The Bertz CT molecular complexity index is 202. The fraction of sp³-hybridized carbons (Fsp3) is 0.500. The summed E-state index contributed by atoms with van der Waals surface area (Å²) in [5, 5.41) is 4.45. The second kappa shape index (κ2) is 3.14. The summed E-state index contributed by atoms with van der Waals surface area (Å²) < 4.78 is 0. The van der Waals surface area contributed by atoms with Gasteiger partial charge in [0.05, 0.1) is 0 Å². The van der Waals surface area contributed by atoms with E-state index in [0.717, 1.165) is 6.29 Å². The van der Waals surface area contributed by atoms with Crippen LogP contribution in [0.5, 0.6) is 0 Å². The van der Waals surface area contributed by atoms with Crippen LogP contribution in [0.1, 0.15) is 12.8 Å². The van der Waals surface area contributed by atoms with Crippen LogP contribution in [0, 0.1) is 0 Å². The van der Waals surface area contributed by atoms with E-state index in [-0.39, 0.29) is 5.91 Å². The SMILES string of the molecule is O=CCC[C@@H]1NC(=O)NC1=O. The summed E-state index contributed by atoms with van der Waals surface area (Å²) in [6.07, 6.45) is 1.39. The third kappa shape index (κ3) is 1.76. The molecule has 0 aliphatic carbocycles. The van der Waals surface area contributed by atoms with Crippen LogP contribution in [0.25, 0.3) is 0 Å². The first kappa shape index (κ1) is 7.71. The highest BCUT2D eigenvalue weighted by Gasteiger charge is 2.28. The number of nitrogens with one attached hydrogen (secondary N) is 2. The van der Waals surface area contributed by atoms with Crippen molar-refractivity contribution in [3.8, 4) is 0 Å². The van der Waals surface area contributed by atoms with Crippen molar-refractivity contribution in [3.05, 3.63) is 0 Å². The number of urea groups is 1. The van der Waals surface area contributed by atoms with Gasteiger partial charge in [0.25, 0.3) is 5.91 Å². The van der Waals surface area contributed by atoms with Crippen LogP contribution < -0.4 is 10.6 Å². The van der Waals surface area contributed by atoms with Gasteiger partial charge in [-0.15, -0.1) is 0 Å². The molecular formula is C6H8N2O3. The Kier molecular flexibility index (Phi) is 2.20.